The van der Waals surface area contributed by atoms with E-state index in [-0.39, 0.29) is 11.5 Å². The Morgan fingerprint density at radius 1 is 1.12 bits per heavy atom. The van der Waals surface area contributed by atoms with Crippen molar-refractivity contribution in [2.24, 2.45) is 0 Å². The Morgan fingerprint density at radius 2 is 1.75 bits per heavy atom. The van der Waals surface area contributed by atoms with Crippen molar-refractivity contribution >= 4 is 9.84 Å². The summed E-state index contributed by atoms with van der Waals surface area (Å²) in [4.78, 5) is 4.28. The largest absolute Gasteiger partial charge is 0.359 e. The third-order valence-electron chi connectivity index (χ3n) is 2.78. The Balaban J connectivity index is 2.25. The maximum absolute atomic E-state index is 11.3. The number of sulfone groups is 1. The van der Waals surface area contributed by atoms with Crippen LogP contribution in [0.1, 0.15) is 26.7 Å². The zero-order valence-electron chi connectivity index (χ0n) is 10.2. The number of nitrogens with zero attached hydrogens (tertiary/aromatic N) is 2. The number of unbranched alkanes of at least 4 members (excludes halogenated alkanes) is 1. The minimum atomic E-state index is -2.84. The van der Waals surface area contributed by atoms with E-state index >= 15 is 0 Å². The standard InChI is InChI=1S/C11H22N2O2S/c1-3-5-6-12-7-8-13(11-12)9-10-16(14,15)4-2/h7-8H,3-6,9-11H2,1-2H3. The van der Waals surface area contributed by atoms with Crippen LogP contribution in [0.4, 0.5) is 0 Å². The minimum Gasteiger partial charge on any atom is -0.359 e. The van der Waals surface area contributed by atoms with E-state index in [2.05, 4.69) is 16.7 Å². The summed E-state index contributed by atoms with van der Waals surface area (Å²) in [7, 11) is -2.84. The zero-order valence-corrected chi connectivity index (χ0v) is 11.0. The van der Waals surface area contributed by atoms with Gasteiger partial charge in [-0.2, -0.15) is 0 Å². The zero-order chi connectivity index (χ0) is 12.0. The van der Waals surface area contributed by atoms with E-state index in [0.717, 1.165) is 13.2 Å². The molecule has 16 heavy (non-hydrogen) atoms. The molecule has 94 valence electrons. The van der Waals surface area contributed by atoms with Gasteiger partial charge < -0.3 is 9.80 Å². The minimum absolute atomic E-state index is 0.240. The lowest BCUT2D eigenvalue weighted by Gasteiger charge is -2.20. The molecule has 1 heterocycles. The van der Waals surface area contributed by atoms with Crippen LogP contribution in [0.5, 0.6) is 0 Å². The molecule has 1 rings (SSSR count). The van der Waals surface area contributed by atoms with Crippen molar-refractivity contribution in [1.82, 2.24) is 9.80 Å². The van der Waals surface area contributed by atoms with Crippen LogP contribution in [0, 0.1) is 0 Å². The monoisotopic (exact) mass is 246 g/mol. The molecule has 0 radical (unpaired) electrons. The molecular formula is C11H22N2O2S. The fourth-order valence-electron chi connectivity index (χ4n) is 1.57. The van der Waals surface area contributed by atoms with Gasteiger partial charge in [0.05, 0.1) is 12.4 Å². The van der Waals surface area contributed by atoms with E-state index in [1.165, 1.54) is 12.8 Å². The number of rotatable bonds is 7. The van der Waals surface area contributed by atoms with Crippen LogP contribution in [0.15, 0.2) is 12.4 Å². The Morgan fingerprint density at radius 3 is 2.31 bits per heavy atom. The van der Waals surface area contributed by atoms with Crippen molar-refractivity contribution in [2.45, 2.75) is 26.7 Å². The van der Waals surface area contributed by atoms with E-state index in [1.54, 1.807) is 6.92 Å². The first kappa shape index (κ1) is 13.4. The van der Waals surface area contributed by atoms with Gasteiger partial charge in [-0.15, -0.1) is 0 Å². The van der Waals surface area contributed by atoms with Gasteiger partial charge in [0.15, 0.2) is 9.84 Å². The van der Waals surface area contributed by atoms with Gasteiger partial charge in [0, 0.05) is 31.2 Å². The van der Waals surface area contributed by atoms with Crippen LogP contribution in [0.25, 0.3) is 0 Å². The third kappa shape index (κ3) is 4.43. The van der Waals surface area contributed by atoms with E-state index in [9.17, 15) is 8.42 Å². The van der Waals surface area contributed by atoms with E-state index in [4.69, 9.17) is 0 Å². The smallest absolute Gasteiger partial charge is 0.151 e. The molecule has 0 saturated carbocycles. The van der Waals surface area contributed by atoms with E-state index < -0.39 is 9.84 Å². The number of hydrogen-bond donors (Lipinski definition) is 0. The Bertz CT molecular complexity index is 325. The first-order valence-electron chi connectivity index (χ1n) is 5.94. The van der Waals surface area contributed by atoms with Gasteiger partial charge >= 0.3 is 0 Å². The molecule has 0 spiro atoms. The molecule has 1 aliphatic heterocycles. The second-order valence-electron chi connectivity index (χ2n) is 4.15. The summed E-state index contributed by atoms with van der Waals surface area (Å²) in [5.41, 5.74) is 0. The summed E-state index contributed by atoms with van der Waals surface area (Å²) < 4.78 is 22.7. The molecule has 1 aliphatic rings. The van der Waals surface area contributed by atoms with Crippen LogP contribution in [-0.4, -0.2) is 49.5 Å². The average Bonchev–Trinajstić information content (AvgIpc) is 2.72. The normalized spacial score (nSPS) is 16.1. The van der Waals surface area contributed by atoms with Gasteiger partial charge in [0.1, 0.15) is 0 Å². The maximum atomic E-state index is 11.3. The molecule has 0 fully saturated rings. The lowest BCUT2D eigenvalue weighted by molar-refractivity contribution is 0.271. The molecule has 0 aromatic heterocycles. The predicted molar refractivity (Wildman–Crippen MR) is 66.7 cm³/mol. The van der Waals surface area contributed by atoms with Crippen LogP contribution in [0.3, 0.4) is 0 Å². The maximum Gasteiger partial charge on any atom is 0.151 e. The number of hydrogen-bond acceptors (Lipinski definition) is 4. The molecule has 0 aromatic rings. The lowest BCUT2D eigenvalue weighted by Crippen LogP contribution is -2.30. The highest BCUT2D eigenvalue weighted by atomic mass is 32.2. The topological polar surface area (TPSA) is 40.6 Å². The fraction of sp³-hybridized carbons (Fsp3) is 0.818. The Hall–Kier alpha value is -0.710. The highest BCUT2D eigenvalue weighted by Crippen LogP contribution is 2.08. The van der Waals surface area contributed by atoms with Crippen LogP contribution in [-0.2, 0) is 9.84 Å². The van der Waals surface area contributed by atoms with Crippen molar-refractivity contribution in [2.75, 3.05) is 31.3 Å². The molecule has 5 heteroatoms. The molecule has 0 aromatic carbocycles. The van der Waals surface area contributed by atoms with Crippen molar-refractivity contribution in [3.63, 3.8) is 0 Å². The van der Waals surface area contributed by atoms with Crippen molar-refractivity contribution in [1.29, 1.82) is 0 Å². The summed E-state index contributed by atoms with van der Waals surface area (Å²) in [6.45, 7) is 6.37. The SMILES string of the molecule is CCCCN1C=CN(CCS(=O)(=O)CC)C1. The highest BCUT2D eigenvalue weighted by Gasteiger charge is 2.14. The van der Waals surface area contributed by atoms with Gasteiger partial charge in [0.2, 0.25) is 0 Å². The summed E-state index contributed by atoms with van der Waals surface area (Å²) in [6, 6.07) is 0. The summed E-state index contributed by atoms with van der Waals surface area (Å²) in [5.74, 6) is 0.500. The van der Waals surface area contributed by atoms with E-state index in [0.29, 0.717) is 6.54 Å². The van der Waals surface area contributed by atoms with Crippen molar-refractivity contribution in [3.05, 3.63) is 12.4 Å². The second-order valence-corrected chi connectivity index (χ2v) is 6.63. The van der Waals surface area contributed by atoms with E-state index in [1.807, 2.05) is 12.4 Å². The quantitative estimate of drug-likeness (QED) is 0.678. The first-order valence-corrected chi connectivity index (χ1v) is 7.76. The average molecular weight is 246 g/mol. The predicted octanol–water partition coefficient (Wildman–Crippen LogP) is 1.27. The molecule has 0 amide bonds. The van der Waals surface area contributed by atoms with Crippen molar-refractivity contribution in [3.8, 4) is 0 Å². The molecule has 0 unspecified atom stereocenters. The molecule has 0 bridgehead atoms. The van der Waals surface area contributed by atoms with Gasteiger partial charge in [-0.1, -0.05) is 20.3 Å². The molecular weight excluding hydrogens is 224 g/mol. The molecule has 0 saturated heterocycles. The van der Waals surface area contributed by atoms with Crippen LogP contribution >= 0.6 is 0 Å². The van der Waals surface area contributed by atoms with Gasteiger partial charge in [-0.3, -0.25) is 0 Å². The highest BCUT2D eigenvalue weighted by molar-refractivity contribution is 7.91. The second kappa shape index (κ2) is 6.13. The van der Waals surface area contributed by atoms with Crippen LogP contribution < -0.4 is 0 Å². The molecule has 0 aliphatic carbocycles. The third-order valence-corrected chi connectivity index (χ3v) is 4.46. The molecule has 0 N–H and O–H groups in total. The van der Waals surface area contributed by atoms with Crippen molar-refractivity contribution < 1.29 is 8.42 Å². The summed E-state index contributed by atoms with van der Waals surface area (Å²) in [6.07, 6.45) is 6.41. The fourth-order valence-corrected chi connectivity index (χ4v) is 2.37. The summed E-state index contributed by atoms with van der Waals surface area (Å²) in [5, 5.41) is 0. The Labute approximate surface area is 98.8 Å². The van der Waals surface area contributed by atoms with Gasteiger partial charge in [0.25, 0.3) is 0 Å². The van der Waals surface area contributed by atoms with Gasteiger partial charge in [-0.25, -0.2) is 8.42 Å². The van der Waals surface area contributed by atoms with Gasteiger partial charge in [-0.05, 0) is 6.42 Å². The summed E-state index contributed by atoms with van der Waals surface area (Å²) >= 11 is 0. The molecule has 0 atom stereocenters. The Kier molecular flexibility index (Phi) is 5.12. The lowest BCUT2D eigenvalue weighted by atomic mass is 10.3. The first-order chi connectivity index (χ1) is 7.57. The van der Waals surface area contributed by atoms with Crippen LogP contribution in [0.2, 0.25) is 0 Å². The molecule has 4 nitrogen and oxygen atoms in total.